The van der Waals surface area contributed by atoms with Crippen molar-refractivity contribution in [1.29, 1.82) is 5.26 Å². The Kier molecular flexibility index (Phi) is 5.75. The fourth-order valence-corrected chi connectivity index (χ4v) is 2.60. The summed E-state index contributed by atoms with van der Waals surface area (Å²) in [7, 11) is 5.15. The summed E-state index contributed by atoms with van der Waals surface area (Å²) in [6, 6.07) is 1.72. The van der Waals surface area contributed by atoms with E-state index in [1.807, 2.05) is 0 Å². The van der Waals surface area contributed by atoms with Crippen molar-refractivity contribution < 1.29 is 28.5 Å². The Balaban J connectivity index is 3.47. The molecule has 21 heavy (non-hydrogen) atoms. The first-order chi connectivity index (χ1) is 10.0. The molecule has 0 unspecified atom stereocenters. The van der Waals surface area contributed by atoms with Crippen molar-refractivity contribution in [3.05, 3.63) is 15.3 Å². The number of methoxy groups -OCH3 is 4. The van der Waals surface area contributed by atoms with E-state index in [0.29, 0.717) is 4.88 Å². The molecule has 1 rings (SSSR count). The summed E-state index contributed by atoms with van der Waals surface area (Å²) in [6.45, 7) is 0. The van der Waals surface area contributed by atoms with Crippen molar-refractivity contribution >= 4 is 29.4 Å². The Morgan fingerprint density at radius 2 is 1.71 bits per heavy atom. The lowest BCUT2D eigenvalue weighted by molar-refractivity contribution is -0.135. The van der Waals surface area contributed by atoms with Crippen LogP contribution in [0.5, 0.6) is 11.5 Å². The van der Waals surface area contributed by atoms with Gasteiger partial charge in [0.1, 0.15) is 11.6 Å². The minimum Gasteiger partial charge on any atom is -0.491 e. The fraction of sp³-hybridized carbons (Fsp3) is 0.308. The quantitative estimate of drug-likeness (QED) is 0.463. The zero-order valence-electron chi connectivity index (χ0n) is 11.9. The standard InChI is InChI=1S/C13H13NO6S/c1-17-9-8(5-7(6-14)12(15)19-3)21-11(10(9)18-2)13(16)20-4/h5H,1-4H3. The van der Waals surface area contributed by atoms with Gasteiger partial charge < -0.3 is 18.9 Å². The Bertz CT molecular complexity index is 625. The van der Waals surface area contributed by atoms with E-state index >= 15 is 0 Å². The normalized spacial score (nSPS) is 10.5. The summed E-state index contributed by atoms with van der Waals surface area (Å²) in [5, 5.41) is 8.96. The van der Waals surface area contributed by atoms with Gasteiger partial charge in [0.05, 0.1) is 33.3 Å². The average molecular weight is 311 g/mol. The van der Waals surface area contributed by atoms with Crippen LogP contribution in [0.1, 0.15) is 14.5 Å². The smallest absolute Gasteiger partial charge is 0.352 e. The number of ether oxygens (including phenoxy) is 4. The van der Waals surface area contributed by atoms with Crippen molar-refractivity contribution in [2.24, 2.45) is 0 Å². The molecule has 1 heterocycles. The minimum absolute atomic E-state index is 0.172. The maximum absolute atomic E-state index is 11.7. The lowest BCUT2D eigenvalue weighted by atomic mass is 10.2. The van der Waals surface area contributed by atoms with Gasteiger partial charge in [0.2, 0.25) is 0 Å². The Morgan fingerprint density at radius 3 is 2.14 bits per heavy atom. The number of hydrogen-bond acceptors (Lipinski definition) is 8. The van der Waals surface area contributed by atoms with Crippen molar-refractivity contribution in [3.8, 4) is 17.6 Å². The maximum atomic E-state index is 11.7. The number of nitriles is 1. The van der Waals surface area contributed by atoms with Gasteiger partial charge in [-0.2, -0.15) is 5.26 Å². The summed E-state index contributed by atoms with van der Waals surface area (Å²) in [4.78, 5) is 23.7. The third kappa shape index (κ3) is 3.32. The monoisotopic (exact) mass is 311 g/mol. The number of esters is 2. The number of rotatable bonds is 5. The van der Waals surface area contributed by atoms with Gasteiger partial charge in [0, 0.05) is 0 Å². The number of carbonyl (C=O) groups excluding carboxylic acids is 2. The van der Waals surface area contributed by atoms with E-state index in [2.05, 4.69) is 9.47 Å². The van der Waals surface area contributed by atoms with Crippen LogP contribution >= 0.6 is 11.3 Å². The zero-order chi connectivity index (χ0) is 16.0. The first-order valence-corrected chi connectivity index (χ1v) is 6.38. The van der Waals surface area contributed by atoms with Gasteiger partial charge in [0.25, 0.3) is 0 Å². The van der Waals surface area contributed by atoms with Gasteiger partial charge in [-0.25, -0.2) is 9.59 Å². The van der Waals surface area contributed by atoms with Crippen LogP contribution in [0.15, 0.2) is 5.57 Å². The molecule has 0 radical (unpaired) electrons. The van der Waals surface area contributed by atoms with Crippen molar-refractivity contribution in [3.63, 3.8) is 0 Å². The van der Waals surface area contributed by atoms with Crippen LogP contribution in [0.4, 0.5) is 0 Å². The number of hydrogen-bond donors (Lipinski definition) is 0. The molecule has 0 saturated carbocycles. The van der Waals surface area contributed by atoms with E-state index in [4.69, 9.17) is 14.7 Å². The van der Waals surface area contributed by atoms with E-state index < -0.39 is 11.9 Å². The predicted octanol–water partition coefficient (Wildman–Crippen LogP) is 1.63. The minimum atomic E-state index is -0.786. The molecule has 8 heteroatoms. The van der Waals surface area contributed by atoms with E-state index in [1.54, 1.807) is 6.07 Å². The molecule has 0 bridgehead atoms. The molecule has 1 aromatic rings. The fourth-order valence-electron chi connectivity index (χ4n) is 1.50. The van der Waals surface area contributed by atoms with Crippen LogP contribution in [0.25, 0.3) is 6.08 Å². The van der Waals surface area contributed by atoms with Gasteiger partial charge in [-0.15, -0.1) is 11.3 Å². The third-order valence-corrected chi connectivity index (χ3v) is 3.51. The van der Waals surface area contributed by atoms with Crippen LogP contribution in [-0.4, -0.2) is 40.4 Å². The second-order valence-corrected chi connectivity index (χ2v) is 4.57. The molecular weight excluding hydrogens is 298 g/mol. The zero-order valence-corrected chi connectivity index (χ0v) is 12.7. The van der Waals surface area contributed by atoms with Crippen LogP contribution in [0.3, 0.4) is 0 Å². The van der Waals surface area contributed by atoms with Gasteiger partial charge >= 0.3 is 11.9 Å². The molecule has 7 nitrogen and oxygen atoms in total. The van der Waals surface area contributed by atoms with Gasteiger partial charge in [-0.1, -0.05) is 0 Å². The van der Waals surface area contributed by atoms with E-state index in [-0.39, 0.29) is 21.9 Å². The molecule has 112 valence electrons. The molecule has 0 saturated heterocycles. The molecule has 0 aliphatic heterocycles. The lowest BCUT2D eigenvalue weighted by Crippen LogP contribution is -2.02. The van der Waals surface area contributed by atoms with Gasteiger partial charge in [-0.3, -0.25) is 0 Å². The maximum Gasteiger partial charge on any atom is 0.352 e. The molecule has 0 N–H and O–H groups in total. The SMILES string of the molecule is COC(=O)C(C#N)=Cc1sc(C(=O)OC)c(OC)c1OC. The molecular formula is C13H13NO6S. The van der Waals surface area contributed by atoms with Crippen LogP contribution in [0.2, 0.25) is 0 Å². The predicted molar refractivity (Wildman–Crippen MR) is 74.4 cm³/mol. The Morgan fingerprint density at radius 1 is 1.10 bits per heavy atom. The molecule has 0 amide bonds. The molecule has 0 aromatic carbocycles. The van der Waals surface area contributed by atoms with Crippen molar-refractivity contribution in [2.45, 2.75) is 0 Å². The number of thiophene rings is 1. The average Bonchev–Trinajstić information content (AvgIpc) is 2.88. The number of nitrogens with zero attached hydrogens (tertiary/aromatic N) is 1. The molecule has 0 atom stereocenters. The highest BCUT2D eigenvalue weighted by molar-refractivity contribution is 7.15. The Hall–Kier alpha value is -2.53. The highest BCUT2D eigenvalue weighted by atomic mass is 32.1. The van der Waals surface area contributed by atoms with E-state index in [0.717, 1.165) is 11.3 Å². The van der Waals surface area contributed by atoms with Crippen LogP contribution in [0, 0.1) is 11.3 Å². The third-order valence-electron chi connectivity index (χ3n) is 2.43. The largest absolute Gasteiger partial charge is 0.491 e. The van der Waals surface area contributed by atoms with Crippen LogP contribution in [-0.2, 0) is 14.3 Å². The van der Waals surface area contributed by atoms with E-state index in [9.17, 15) is 9.59 Å². The molecule has 0 aliphatic carbocycles. The Labute approximate surface area is 125 Å². The molecule has 1 aromatic heterocycles. The van der Waals surface area contributed by atoms with Crippen molar-refractivity contribution in [1.82, 2.24) is 0 Å². The van der Waals surface area contributed by atoms with Gasteiger partial charge in [0.15, 0.2) is 16.4 Å². The second kappa shape index (κ2) is 7.31. The molecule has 0 fully saturated rings. The van der Waals surface area contributed by atoms with Crippen LogP contribution < -0.4 is 9.47 Å². The highest BCUT2D eigenvalue weighted by Gasteiger charge is 2.25. The first kappa shape index (κ1) is 16.5. The van der Waals surface area contributed by atoms with E-state index in [1.165, 1.54) is 34.5 Å². The van der Waals surface area contributed by atoms with Crippen molar-refractivity contribution in [2.75, 3.05) is 28.4 Å². The summed E-state index contributed by atoms with van der Waals surface area (Å²) < 4.78 is 19.4. The second-order valence-electron chi connectivity index (χ2n) is 3.51. The highest BCUT2D eigenvalue weighted by Crippen LogP contribution is 2.43. The topological polar surface area (TPSA) is 94.9 Å². The van der Waals surface area contributed by atoms with Gasteiger partial charge in [-0.05, 0) is 6.08 Å². The lowest BCUT2D eigenvalue weighted by Gasteiger charge is -2.04. The summed E-state index contributed by atoms with van der Waals surface area (Å²) >= 11 is 0.980. The first-order valence-electron chi connectivity index (χ1n) is 5.57. The molecule has 0 aliphatic rings. The number of carbonyl (C=O) groups is 2. The summed E-state index contributed by atoms with van der Waals surface area (Å²) in [6.07, 6.45) is 1.27. The summed E-state index contributed by atoms with van der Waals surface area (Å²) in [5.74, 6) is -0.972. The molecule has 0 spiro atoms. The summed E-state index contributed by atoms with van der Waals surface area (Å²) in [5.41, 5.74) is -0.226.